The summed E-state index contributed by atoms with van der Waals surface area (Å²) in [6.45, 7) is 8.85. The first kappa shape index (κ1) is 24.4. The second-order valence-electron chi connectivity index (χ2n) is 8.25. The molecule has 1 aliphatic heterocycles. The van der Waals surface area contributed by atoms with Crippen LogP contribution < -0.4 is 0 Å². The zero-order valence-corrected chi connectivity index (χ0v) is 20.1. The van der Waals surface area contributed by atoms with Crippen molar-refractivity contribution in [1.29, 1.82) is 0 Å². The topological polar surface area (TPSA) is 32.8 Å². The molecule has 2 saturated carbocycles. The van der Waals surface area contributed by atoms with Crippen LogP contribution in [0.15, 0.2) is 0 Å². The third kappa shape index (κ3) is 5.45. The summed E-state index contributed by atoms with van der Waals surface area (Å²) >= 11 is 0. The third-order valence-electron chi connectivity index (χ3n) is 6.75. The largest absolute Gasteiger partial charge is 0.461 e. The van der Waals surface area contributed by atoms with Crippen LogP contribution in [0.3, 0.4) is 0 Å². The van der Waals surface area contributed by atoms with E-state index in [2.05, 4.69) is 30.7 Å². The summed E-state index contributed by atoms with van der Waals surface area (Å²) in [7, 11) is 2.23. The predicted molar refractivity (Wildman–Crippen MR) is 118 cm³/mol. The van der Waals surface area contributed by atoms with Gasteiger partial charge in [0.15, 0.2) is 0 Å². The van der Waals surface area contributed by atoms with Crippen molar-refractivity contribution in [2.75, 3.05) is 33.2 Å². The van der Waals surface area contributed by atoms with Gasteiger partial charge in [0.05, 0.1) is 5.92 Å². The van der Waals surface area contributed by atoms with Crippen LogP contribution in [0.2, 0.25) is 0 Å². The summed E-state index contributed by atoms with van der Waals surface area (Å²) in [6, 6.07) is 0.572. The van der Waals surface area contributed by atoms with E-state index in [1.807, 2.05) is 0 Å². The number of likely N-dealkylation sites (tertiary alicyclic amines) is 1. The lowest BCUT2D eigenvalue weighted by Gasteiger charge is -2.52. The van der Waals surface area contributed by atoms with Crippen molar-refractivity contribution in [3.8, 4) is 0 Å². The van der Waals surface area contributed by atoms with Gasteiger partial charge in [-0.1, -0.05) is 33.1 Å². The standard InChI is InChI=1S/C20H36N2O2.2BrH/c1-4-22(5-2)18-12-11-16-13-21(3)14-17(18)19(16)24-20(23)15-9-7-6-8-10-15;;/h15-19H,4-14H2,1-3H3;2*1H. The highest BCUT2D eigenvalue weighted by Gasteiger charge is 2.47. The number of nitrogens with zero attached hydrogens (tertiary/aromatic N) is 2. The van der Waals surface area contributed by atoms with Gasteiger partial charge in [-0.15, -0.1) is 34.0 Å². The van der Waals surface area contributed by atoms with Crippen molar-refractivity contribution in [3.63, 3.8) is 0 Å². The van der Waals surface area contributed by atoms with E-state index in [0.29, 0.717) is 17.9 Å². The van der Waals surface area contributed by atoms with Crippen LogP contribution in [0.25, 0.3) is 0 Å². The van der Waals surface area contributed by atoms with Crippen LogP contribution in [-0.4, -0.2) is 61.1 Å². The molecule has 4 unspecified atom stereocenters. The molecule has 154 valence electrons. The Balaban J connectivity index is 0.00000169. The van der Waals surface area contributed by atoms with Gasteiger partial charge in [0.2, 0.25) is 0 Å². The van der Waals surface area contributed by atoms with Gasteiger partial charge in [-0.3, -0.25) is 4.79 Å². The fraction of sp³-hybridized carbons (Fsp3) is 0.950. The minimum atomic E-state index is 0. The van der Waals surface area contributed by atoms with E-state index in [4.69, 9.17) is 4.74 Å². The normalized spacial score (nSPS) is 32.5. The second kappa shape index (κ2) is 11.4. The highest BCUT2D eigenvalue weighted by molar-refractivity contribution is 8.93. The van der Waals surface area contributed by atoms with Gasteiger partial charge in [0.25, 0.3) is 0 Å². The summed E-state index contributed by atoms with van der Waals surface area (Å²) in [5, 5.41) is 0. The number of piperidine rings is 1. The first-order valence-corrected chi connectivity index (χ1v) is 10.3. The Labute approximate surface area is 180 Å². The molecule has 3 aliphatic rings. The number of carbonyl (C=O) groups excluding carboxylic acids is 1. The van der Waals surface area contributed by atoms with Gasteiger partial charge in [-0.2, -0.15) is 0 Å². The van der Waals surface area contributed by atoms with Crippen LogP contribution in [0.4, 0.5) is 0 Å². The Morgan fingerprint density at radius 1 is 1.00 bits per heavy atom. The van der Waals surface area contributed by atoms with Crippen LogP contribution in [0, 0.1) is 17.8 Å². The molecule has 2 aliphatic carbocycles. The number of halogens is 2. The Hall–Kier alpha value is 0.350. The summed E-state index contributed by atoms with van der Waals surface area (Å²) in [6.07, 6.45) is 8.38. The highest BCUT2D eigenvalue weighted by Crippen LogP contribution is 2.40. The predicted octanol–water partition coefficient (Wildman–Crippen LogP) is 4.32. The van der Waals surface area contributed by atoms with Gasteiger partial charge in [-0.05, 0) is 45.8 Å². The summed E-state index contributed by atoms with van der Waals surface area (Å²) in [4.78, 5) is 17.8. The molecular formula is C20H38Br2N2O2. The number of ether oxygens (including phenoxy) is 1. The lowest BCUT2D eigenvalue weighted by Crippen LogP contribution is -2.60. The molecule has 4 nitrogen and oxygen atoms in total. The zero-order valence-electron chi connectivity index (χ0n) is 16.7. The third-order valence-corrected chi connectivity index (χ3v) is 6.75. The van der Waals surface area contributed by atoms with Crippen molar-refractivity contribution >= 4 is 39.9 Å². The van der Waals surface area contributed by atoms with Crippen LogP contribution in [0.1, 0.15) is 58.8 Å². The molecule has 0 spiro atoms. The molecule has 1 heterocycles. The summed E-state index contributed by atoms with van der Waals surface area (Å²) in [5.74, 6) is 1.30. The SMILES string of the molecule is Br.Br.CCN(CC)C1CCC2CN(C)CC1C2OC(=O)C1CCCCC1. The maximum Gasteiger partial charge on any atom is 0.309 e. The summed E-state index contributed by atoms with van der Waals surface area (Å²) in [5.41, 5.74) is 0. The van der Waals surface area contributed by atoms with Crippen LogP contribution in [0.5, 0.6) is 0 Å². The van der Waals surface area contributed by atoms with Gasteiger partial charge in [0.1, 0.15) is 6.10 Å². The zero-order chi connectivity index (χ0) is 17.1. The average molecular weight is 498 g/mol. The number of rotatable bonds is 5. The lowest BCUT2D eigenvalue weighted by atomic mass is 9.71. The lowest BCUT2D eigenvalue weighted by molar-refractivity contribution is -0.173. The van der Waals surface area contributed by atoms with Crippen molar-refractivity contribution < 1.29 is 9.53 Å². The first-order chi connectivity index (χ1) is 11.6. The van der Waals surface area contributed by atoms with Crippen molar-refractivity contribution in [3.05, 3.63) is 0 Å². The number of esters is 1. The molecule has 26 heavy (non-hydrogen) atoms. The molecule has 1 saturated heterocycles. The van der Waals surface area contributed by atoms with Crippen LogP contribution >= 0.6 is 34.0 Å². The number of fused-ring (bicyclic) bond motifs is 2. The average Bonchev–Trinajstić information content (AvgIpc) is 2.59. The smallest absolute Gasteiger partial charge is 0.309 e. The Kier molecular flexibility index (Phi) is 10.7. The molecule has 0 aromatic rings. The number of carbonyl (C=O) groups is 1. The van der Waals surface area contributed by atoms with Gasteiger partial charge in [-0.25, -0.2) is 0 Å². The highest BCUT2D eigenvalue weighted by atomic mass is 79.9. The van der Waals surface area contributed by atoms with E-state index in [-0.39, 0.29) is 52.0 Å². The number of hydrogen-bond acceptors (Lipinski definition) is 4. The van der Waals surface area contributed by atoms with Crippen LogP contribution in [-0.2, 0) is 9.53 Å². The maximum atomic E-state index is 12.7. The Bertz CT molecular complexity index is 428. The fourth-order valence-corrected chi connectivity index (χ4v) is 5.49. The minimum Gasteiger partial charge on any atom is -0.461 e. The fourth-order valence-electron chi connectivity index (χ4n) is 5.49. The van der Waals surface area contributed by atoms with Gasteiger partial charge >= 0.3 is 5.97 Å². The van der Waals surface area contributed by atoms with E-state index < -0.39 is 0 Å². The van der Waals surface area contributed by atoms with E-state index in [9.17, 15) is 4.79 Å². The van der Waals surface area contributed by atoms with Gasteiger partial charge in [0, 0.05) is 31.0 Å². The second-order valence-corrected chi connectivity index (χ2v) is 8.25. The molecule has 4 atom stereocenters. The quantitative estimate of drug-likeness (QED) is 0.529. The molecule has 3 fully saturated rings. The molecule has 0 N–H and O–H groups in total. The molecule has 6 heteroatoms. The molecular weight excluding hydrogens is 460 g/mol. The minimum absolute atomic E-state index is 0. The van der Waals surface area contributed by atoms with E-state index in [0.717, 1.165) is 39.0 Å². The Morgan fingerprint density at radius 2 is 1.65 bits per heavy atom. The Morgan fingerprint density at radius 3 is 2.27 bits per heavy atom. The molecule has 0 aromatic carbocycles. The van der Waals surface area contributed by atoms with E-state index in [1.54, 1.807) is 0 Å². The van der Waals surface area contributed by atoms with E-state index in [1.165, 1.54) is 32.1 Å². The molecule has 0 aromatic heterocycles. The molecule has 0 radical (unpaired) electrons. The first-order valence-electron chi connectivity index (χ1n) is 10.3. The van der Waals surface area contributed by atoms with Crippen molar-refractivity contribution in [2.45, 2.75) is 70.9 Å². The molecule has 2 bridgehead atoms. The monoisotopic (exact) mass is 496 g/mol. The van der Waals surface area contributed by atoms with E-state index >= 15 is 0 Å². The summed E-state index contributed by atoms with van der Waals surface area (Å²) < 4.78 is 6.22. The number of hydrogen-bond donors (Lipinski definition) is 0. The molecule has 0 amide bonds. The van der Waals surface area contributed by atoms with Gasteiger partial charge < -0.3 is 14.5 Å². The van der Waals surface area contributed by atoms with Crippen molar-refractivity contribution in [1.82, 2.24) is 9.80 Å². The maximum absolute atomic E-state index is 12.7. The van der Waals surface area contributed by atoms with Crippen molar-refractivity contribution in [2.24, 2.45) is 17.8 Å². The molecule has 3 rings (SSSR count).